The molecule has 0 aliphatic carbocycles. The fraction of sp³-hybridized carbons (Fsp3) is 0.421. The van der Waals surface area contributed by atoms with Crippen molar-refractivity contribution in [3.05, 3.63) is 57.6 Å². The van der Waals surface area contributed by atoms with Crippen molar-refractivity contribution in [3.63, 3.8) is 0 Å². The molecular formula is C19H25N3O3. The number of aryl methyl sites for hydroxylation is 1. The number of rotatable bonds is 8. The van der Waals surface area contributed by atoms with Crippen LogP contribution in [0.3, 0.4) is 0 Å². The third-order valence-electron chi connectivity index (χ3n) is 4.05. The van der Waals surface area contributed by atoms with Gasteiger partial charge in [-0.1, -0.05) is 32.1 Å². The number of nitrogens with zero attached hydrogens (tertiary/aromatic N) is 2. The van der Waals surface area contributed by atoms with E-state index in [2.05, 4.69) is 25.7 Å². The van der Waals surface area contributed by atoms with Crippen LogP contribution in [0.5, 0.6) is 0 Å². The molecule has 0 fully saturated rings. The molecule has 0 saturated carbocycles. The maximum absolute atomic E-state index is 12.5. The Morgan fingerprint density at radius 3 is 2.36 bits per heavy atom. The van der Waals surface area contributed by atoms with Crippen LogP contribution in [-0.4, -0.2) is 21.6 Å². The zero-order valence-corrected chi connectivity index (χ0v) is 14.8. The van der Waals surface area contributed by atoms with E-state index in [1.54, 1.807) is 18.2 Å². The number of carbonyl (C=O) groups excluding carboxylic acids is 1. The van der Waals surface area contributed by atoms with Crippen LogP contribution in [0.1, 0.15) is 26.7 Å². The molecule has 25 heavy (non-hydrogen) atoms. The Morgan fingerprint density at radius 2 is 1.76 bits per heavy atom. The second kappa shape index (κ2) is 8.46. The molecule has 0 aliphatic heterocycles. The van der Waals surface area contributed by atoms with Gasteiger partial charge in [-0.25, -0.2) is 0 Å². The summed E-state index contributed by atoms with van der Waals surface area (Å²) in [6, 6.07) is 7.20. The fourth-order valence-corrected chi connectivity index (χ4v) is 2.70. The van der Waals surface area contributed by atoms with Gasteiger partial charge in [0, 0.05) is 26.1 Å². The van der Waals surface area contributed by atoms with E-state index in [0.717, 1.165) is 6.42 Å². The number of amides is 1. The minimum absolute atomic E-state index is 0.119. The maximum atomic E-state index is 12.5. The lowest BCUT2D eigenvalue weighted by atomic mass is 10.1. The van der Waals surface area contributed by atoms with Gasteiger partial charge in [0.05, 0.1) is 11.0 Å². The Kier molecular flexibility index (Phi) is 6.33. The molecule has 0 spiro atoms. The number of hydrogen-bond donors (Lipinski definition) is 1. The summed E-state index contributed by atoms with van der Waals surface area (Å²) in [5.74, 6) is 0.399. The zero-order chi connectivity index (χ0) is 18.4. The second-order valence-corrected chi connectivity index (χ2v) is 6.43. The Bertz CT molecular complexity index is 878. The van der Waals surface area contributed by atoms with Gasteiger partial charge < -0.3 is 9.88 Å². The number of allylic oxidation sites excluding steroid dienone is 1. The van der Waals surface area contributed by atoms with Gasteiger partial charge in [0.1, 0.15) is 0 Å². The van der Waals surface area contributed by atoms with E-state index < -0.39 is 11.1 Å². The number of aromatic nitrogens is 2. The SMILES string of the molecule is C=CCn1c(=O)c(=O)n(CCC(=O)NCCC(C)C)c2ccccc21. The van der Waals surface area contributed by atoms with E-state index in [9.17, 15) is 14.4 Å². The maximum Gasteiger partial charge on any atom is 0.317 e. The van der Waals surface area contributed by atoms with E-state index in [1.807, 2.05) is 12.1 Å². The molecule has 1 aromatic heterocycles. The molecule has 0 radical (unpaired) electrons. The van der Waals surface area contributed by atoms with Gasteiger partial charge in [0.2, 0.25) is 5.91 Å². The molecule has 6 nitrogen and oxygen atoms in total. The number of nitrogens with one attached hydrogen (secondary N) is 1. The van der Waals surface area contributed by atoms with Crippen LogP contribution < -0.4 is 16.4 Å². The van der Waals surface area contributed by atoms with Gasteiger partial charge in [-0.05, 0) is 24.5 Å². The summed E-state index contributed by atoms with van der Waals surface area (Å²) in [5, 5.41) is 2.85. The van der Waals surface area contributed by atoms with Crippen LogP contribution in [0.2, 0.25) is 0 Å². The average molecular weight is 343 g/mol. The molecule has 0 bridgehead atoms. The summed E-state index contributed by atoms with van der Waals surface area (Å²) in [6.45, 7) is 8.89. The molecule has 0 aliphatic rings. The van der Waals surface area contributed by atoms with E-state index in [4.69, 9.17) is 0 Å². The lowest BCUT2D eigenvalue weighted by molar-refractivity contribution is -0.121. The first kappa shape index (κ1) is 18.7. The molecule has 1 amide bonds. The predicted molar refractivity (Wildman–Crippen MR) is 99.7 cm³/mol. The van der Waals surface area contributed by atoms with Crippen LogP contribution in [0.4, 0.5) is 0 Å². The van der Waals surface area contributed by atoms with Gasteiger partial charge >= 0.3 is 11.1 Å². The summed E-state index contributed by atoms with van der Waals surface area (Å²) in [6.07, 6.45) is 2.65. The second-order valence-electron chi connectivity index (χ2n) is 6.43. The summed E-state index contributed by atoms with van der Waals surface area (Å²) in [5.41, 5.74) is 0.0884. The van der Waals surface area contributed by atoms with Crippen molar-refractivity contribution in [2.75, 3.05) is 6.54 Å². The van der Waals surface area contributed by atoms with E-state index >= 15 is 0 Å². The molecule has 0 unspecified atom stereocenters. The highest BCUT2D eigenvalue weighted by Gasteiger charge is 2.13. The molecule has 1 N–H and O–H groups in total. The van der Waals surface area contributed by atoms with Gasteiger partial charge in [0.15, 0.2) is 0 Å². The smallest absolute Gasteiger partial charge is 0.317 e. The average Bonchev–Trinajstić information content (AvgIpc) is 2.58. The molecule has 0 saturated heterocycles. The van der Waals surface area contributed by atoms with Crippen LogP contribution in [-0.2, 0) is 17.9 Å². The van der Waals surface area contributed by atoms with Crippen LogP contribution in [0.25, 0.3) is 11.0 Å². The molecule has 0 atom stereocenters. The van der Waals surface area contributed by atoms with E-state index in [1.165, 1.54) is 9.13 Å². The van der Waals surface area contributed by atoms with Gasteiger partial charge in [-0.3, -0.25) is 19.0 Å². The standard InChI is InChI=1S/C19H25N3O3/c1-4-12-21-15-7-5-6-8-16(15)22(19(25)18(21)24)13-10-17(23)20-11-9-14(2)3/h4-8,14H,1,9-13H2,2-3H3,(H,20,23). The third kappa shape index (κ3) is 4.47. The minimum Gasteiger partial charge on any atom is -0.356 e. The monoisotopic (exact) mass is 343 g/mol. The van der Waals surface area contributed by atoms with Crippen molar-refractivity contribution < 1.29 is 4.79 Å². The topological polar surface area (TPSA) is 73.1 Å². The van der Waals surface area contributed by atoms with Crippen molar-refractivity contribution in [1.29, 1.82) is 0 Å². The molecule has 2 rings (SSSR count). The van der Waals surface area contributed by atoms with Gasteiger partial charge in [-0.2, -0.15) is 0 Å². The van der Waals surface area contributed by atoms with E-state index in [-0.39, 0.29) is 25.4 Å². The fourth-order valence-electron chi connectivity index (χ4n) is 2.70. The highest BCUT2D eigenvalue weighted by Crippen LogP contribution is 2.11. The largest absolute Gasteiger partial charge is 0.356 e. The Morgan fingerprint density at radius 1 is 1.16 bits per heavy atom. The number of para-hydroxylation sites is 2. The van der Waals surface area contributed by atoms with Crippen LogP contribution >= 0.6 is 0 Å². The minimum atomic E-state index is -0.615. The van der Waals surface area contributed by atoms with Crippen LogP contribution in [0.15, 0.2) is 46.5 Å². The first-order valence-corrected chi connectivity index (χ1v) is 8.55. The highest BCUT2D eigenvalue weighted by atomic mass is 16.2. The third-order valence-corrected chi connectivity index (χ3v) is 4.05. The molecule has 1 heterocycles. The number of carbonyl (C=O) groups is 1. The van der Waals surface area contributed by atoms with Crippen molar-refractivity contribution in [1.82, 2.24) is 14.5 Å². The van der Waals surface area contributed by atoms with Crippen molar-refractivity contribution >= 4 is 16.9 Å². The zero-order valence-electron chi connectivity index (χ0n) is 14.8. The van der Waals surface area contributed by atoms with Crippen LogP contribution in [0, 0.1) is 5.92 Å². The number of benzene rings is 1. The Hall–Kier alpha value is -2.63. The summed E-state index contributed by atoms with van der Waals surface area (Å²) < 4.78 is 2.79. The Labute approximate surface area is 146 Å². The first-order chi connectivity index (χ1) is 12.0. The van der Waals surface area contributed by atoms with E-state index in [0.29, 0.717) is 23.5 Å². The predicted octanol–water partition coefficient (Wildman–Crippen LogP) is 1.90. The molecule has 6 heteroatoms. The Balaban J connectivity index is 2.27. The lowest BCUT2D eigenvalue weighted by Gasteiger charge is -2.14. The molecule has 2 aromatic rings. The van der Waals surface area contributed by atoms with Crippen molar-refractivity contribution in [3.8, 4) is 0 Å². The summed E-state index contributed by atoms with van der Waals surface area (Å²) >= 11 is 0. The first-order valence-electron chi connectivity index (χ1n) is 8.55. The number of fused-ring (bicyclic) bond motifs is 1. The normalized spacial score (nSPS) is 11.0. The van der Waals surface area contributed by atoms with Crippen molar-refractivity contribution in [2.24, 2.45) is 5.92 Å². The van der Waals surface area contributed by atoms with Gasteiger partial charge in [-0.15, -0.1) is 6.58 Å². The molecular weight excluding hydrogens is 318 g/mol. The van der Waals surface area contributed by atoms with Crippen molar-refractivity contribution in [2.45, 2.75) is 39.8 Å². The summed E-state index contributed by atoms with van der Waals surface area (Å²) in [4.78, 5) is 36.8. The number of hydrogen-bond acceptors (Lipinski definition) is 3. The summed E-state index contributed by atoms with van der Waals surface area (Å²) in [7, 11) is 0. The lowest BCUT2D eigenvalue weighted by Crippen LogP contribution is -2.42. The van der Waals surface area contributed by atoms with Gasteiger partial charge in [0.25, 0.3) is 0 Å². The molecule has 1 aromatic carbocycles. The quantitative estimate of drug-likeness (QED) is 0.588. The highest BCUT2D eigenvalue weighted by molar-refractivity contribution is 5.77. The molecule has 134 valence electrons.